The van der Waals surface area contributed by atoms with Crippen LogP contribution in [0.4, 0.5) is 0 Å². The number of hydrogen-bond donors (Lipinski definition) is 0. The van der Waals surface area contributed by atoms with Crippen molar-refractivity contribution in [2.75, 3.05) is 13.0 Å². The molecule has 0 aliphatic carbocycles. The molecule has 0 N–H and O–H groups in total. The second kappa shape index (κ2) is 5.46. The predicted molar refractivity (Wildman–Crippen MR) is 66.1 cm³/mol. The fourth-order valence-electron chi connectivity index (χ4n) is 1.14. The van der Waals surface area contributed by atoms with Crippen LogP contribution in [-0.4, -0.2) is 25.1 Å². The van der Waals surface area contributed by atoms with Crippen molar-refractivity contribution in [3.05, 3.63) is 26.8 Å². The molecule has 5 heteroatoms. The van der Waals surface area contributed by atoms with Crippen molar-refractivity contribution in [2.24, 2.45) is 0 Å². The number of hydrogen-bond acceptors (Lipinski definition) is 3. The smallest absolute Gasteiger partial charge is 0.178 e. The highest BCUT2D eigenvalue weighted by Gasteiger charge is 2.13. The van der Waals surface area contributed by atoms with Crippen LogP contribution in [0.5, 0.6) is 5.75 Å². The van der Waals surface area contributed by atoms with E-state index in [0.29, 0.717) is 23.2 Å². The molecular formula is C10H8ClIO3. The van der Waals surface area contributed by atoms with Crippen molar-refractivity contribution in [2.45, 2.75) is 0 Å². The van der Waals surface area contributed by atoms with Crippen LogP contribution in [0.2, 0.25) is 0 Å². The maximum absolute atomic E-state index is 11.4. The number of halogens is 2. The van der Waals surface area contributed by atoms with Gasteiger partial charge in [-0.2, -0.15) is 0 Å². The number of benzene rings is 1. The number of alkyl halides is 1. The summed E-state index contributed by atoms with van der Waals surface area (Å²) >= 11 is 7.47. The highest BCUT2D eigenvalue weighted by Crippen LogP contribution is 2.24. The molecule has 1 aromatic rings. The topological polar surface area (TPSA) is 43.4 Å². The molecule has 0 atom stereocenters. The van der Waals surface area contributed by atoms with E-state index in [1.807, 2.05) is 22.6 Å². The van der Waals surface area contributed by atoms with E-state index in [1.165, 1.54) is 13.2 Å². The van der Waals surface area contributed by atoms with Crippen LogP contribution in [0.1, 0.15) is 20.7 Å². The number of methoxy groups -OCH3 is 1. The SMILES string of the molecule is COc1cc(C=O)c(C(=O)CCl)cc1I. The number of ketones is 1. The molecule has 0 bridgehead atoms. The Morgan fingerprint density at radius 3 is 2.73 bits per heavy atom. The maximum atomic E-state index is 11.4. The Morgan fingerprint density at radius 2 is 2.27 bits per heavy atom. The third-order valence-electron chi connectivity index (χ3n) is 1.87. The number of carbonyl (C=O) groups is 2. The number of Topliss-reactive ketones (excluding diaryl/α,β-unsaturated/α-hetero) is 1. The molecule has 0 heterocycles. The first-order chi connectivity index (χ1) is 7.13. The first kappa shape index (κ1) is 12.4. The molecule has 1 aromatic carbocycles. The lowest BCUT2D eigenvalue weighted by Crippen LogP contribution is -2.06. The number of ether oxygens (including phenoxy) is 1. The molecule has 1 rings (SSSR count). The molecule has 0 spiro atoms. The Kier molecular flexibility index (Phi) is 4.53. The van der Waals surface area contributed by atoms with Crippen molar-refractivity contribution in [3.63, 3.8) is 0 Å². The van der Waals surface area contributed by atoms with Gasteiger partial charge in [0.05, 0.1) is 16.6 Å². The summed E-state index contributed by atoms with van der Waals surface area (Å²) in [6, 6.07) is 3.14. The lowest BCUT2D eigenvalue weighted by Gasteiger charge is -2.07. The van der Waals surface area contributed by atoms with E-state index in [0.717, 1.165) is 3.57 Å². The second-order valence-electron chi connectivity index (χ2n) is 2.75. The minimum Gasteiger partial charge on any atom is -0.496 e. The van der Waals surface area contributed by atoms with E-state index in [9.17, 15) is 9.59 Å². The first-order valence-electron chi connectivity index (χ1n) is 4.06. The third-order valence-corrected chi connectivity index (χ3v) is 2.96. The van der Waals surface area contributed by atoms with Gasteiger partial charge in [0.2, 0.25) is 0 Å². The standard InChI is InChI=1S/C10H8ClIO3/c1-15-10-2-6(5-13)7(3-8(10)12)9(14)4-11/h2-3,5H,4H2,1H3. The van der Waals surface area contributed by atoms with E-state index < -0.39 is 0 Å². The Bertz CT molecular complexity index is 404. The molecule has 0 fully saturated rings. The van der Waals surface area contributed by atoms with Gasteiger partial charge in [0.25, 0.3) is 0 Å². The monoisotopic (exact) mass is 338 g/mol. The zero-order valence-corrected chi connectivity index (χ0v) is 10.8. The van der Waals surface area contributed by atoms with Gasteiger partial charge < -0.3 is 4.74 Å². The molecule has 0 aromatic heterocycles. The minimum absolute atomic E-state index is 0.136. The molecule has 0 saturated carbocycles. The van der Waals surface area contributed by atoms with Gasteiger partial charge >= 0.3 is 0 Å². The molecule has 80 valence electrons. The third kappa shape index (κ3) is 2.69. The lowest BCUT2D eigenvalue weighted by molar-refractivity contribution is 0.101. The average molecular weight is 339 g/mol. The summed E-state index contributed by atoms with van der Waals surface area (Å²) in [7, 11) is 1.51. The second-order valence-corrected chi connectivity index (χ2v) is 4.18. The summed E-state index contributed by atoms with van der Waals surface area (Å²) in [5.41, 5.74) is 0.642. The van der Waals surface area contributed by atoms with Crippen LogP contribution < -0.4 is 4.74 Å². The van der Waals surface area contributed by atoms with E-state index in [-0.39, 0.29) is 11.7 Å². The zero-order valence-electron chi connectivity index (χ0n) is 7.92. The van der Waals surface area contributed by atoms with Gasteiger partial charge in [0.15, 0.2) is 12.1 Å². The average Bonchev–Trinajstić information content (AvgIpc) is 2.27. The van der Waals surface area contributed by atoms with Gasteiger partial charge in [-0.3, -0.25) is 9.59 Å². The molecule has 0 saturated heterocycles. The van der Waals surface area contributed by atoms with E-state index in [2.05, 4.69) is 0 Å². The van der Waals surface area contributed by atoms with Gasteiger partial charge in [0.1, 0.15) is 5.75 Å². The summed E-state index contributed by atoms with van der Waals surface area (Å²) in [6.07, 6.45) is 0.623. The fraction of sp³-hybridized carbons (Fsp3) is 0.200. The molecule has 15 heavy (non-hydrogen) atoms. The summed E-state index contributed by atoms with van der Waals surface area (Å²) in [5.74, 6) is 0.173. The Labute approximate surface area is 106 Å². The van der Waals surface area contributed by atoms with Crippen LogP contribution in [0.15, 0.2) is 12.1 Å². The van der Waals surface area contributed by atoms with Gasteiger partial charge in [0, 0.05) is 11.1 Å². The van der Waals surface area contributed by atoms with Crippen molar-refractivity contribution >= 4 is 46.3 Å². The van der Waals surface area contributed by atoms with Crippen molar-refractivity contribution in [1.29, 1.82) is 0 Å². The quantitative estimate of drug-likeness (QED) is 0.367. The molecular weight excluding hydrogens is 330 g/mol. The van der Waals surface area contributed by atoms with E-state index >= 15 is 0 Å². The molecule has 0 unspecified atom stereocenters. The Balaban J connectivity index is 3.33. The van der Waals surface area contributed by atoms with Crippen LogP contribution in [-0.2, 0) is 0 Å². The maximum Gasteiger partial charge on any atom is 0.178 e. The van der Waals surface area contributed by atoms with Crippen LogP contribution in [0.3, 0.4) is 0 Å². The Morgan fingerprint density at radius 1 is 1.60 bits per heavy atom. The minimum atomic E-state index is -0.265. The van der Waals surface area contributed by atoms with Crippen molar-refractivity contribution < 1.29 is 14.3 Å². The van der Waals surface area contributed by atoms with Gasteiger partial charge in [-0.25, -0.2) is 0 Å². The largest absolute Gasteiger partial charge is 0.496 e. The van der Waals surface area contributed by atoms with Gasteiger partial charge in [-0.1, -0.05) is 0 Å². The van der Waals surface area contributed by atoms with Crippen LogP contribution >= 0.6 is 34.2 Å². The van der Waals surface area contributed by atoms with Crippen LogP contribution in [0.25, 0.3) is 0 Å². The normalized spacial score (nSPS) is 9.80. The summed E-state index contributed by atoms with van der Waals surface area (Å²) in [4.78, 5) is 22.2. The van der Waals surface area contributed by atoms with E-state index in [4.69, 9.17) is 16.3 Å². The van der Waals surface area contributed by atoms with Gasteiger partial charge in [-0.05, 0) is 34.7 Å². The molecule has 0 aliphatic heterocycles. The summed E-state index contributed by atoms with van der Waals surface area (Å²) < 4.78 is 5.82. The van der Waals surface area contributed by atoms with Crippen molar-refractivity contribution in [3.8, 4) is 5.75 Å². The number of carbonyl (C=O) groups excluding carboxylic acids is 2. The fourth-order valence-corrected chi connectivity index (χ4v) is 1.97. The summed E-state index contributed by atoms with van der Waals surface area (Å²) in [5, 5.41) is 0. The summed E-state index contributed by atoms with van der Waals surface area (Å²) in [6.45, 7) is 0. The van der Waals surface area contributed by atoms with Crippen molar-refractivity contribution in [1.82, 2.24) is 0 Å². The molecule has 3 nitrogen and oxygen atoms in total. The first-order valence-corrected chi connectivity index (χ1v) is 5.67. The Hall–Kier alpha value is -0.620. The molecule has 0 amide bonds. The van der Waals surface area contributed by atoms with Crippen LogP contribution in [0, 0.1) is 3.57 Å². The van der Waals surface area contributed by atoms with Gasteiger partial charge in [-0.15, -0.1) is 11.6 Å². The van der Waals surface area contributed by atoms with E-state index in [1.54, 1.807) is 6.07 Å². The lowest BCUT2D eigenvalue weighted by atomic mass is 10.1. The zero-order chi connectivity index (χ0) is 11.4. The highest BCUT2D eigenvalue weighted by molar-refractivity contribution is 14.1. The number of aldehydes is 1. The number of rotatable bonds is 4. The molecule has 0 radical (unpaired) electrons. The molecule has 0 aliphatic rings. The predicted octanol–water partition coefficient (Wildman–Crippen LogP) is 2.53. The highest BCUT2D eigenvalue weighted by atomic mass is 127.